The molecule has 0 bridgehead atoms. The van der Waals surface area contributed by atoms with Crippen molar-refractivity contribution in [2.75, 3.05) is 0 Å². The number of rotatable bonds is 5. The Kier molecular flexibility index (Phi) is 4.51. The van der Waals surface area contributed by atoms with Crippen LogP contribution in [0.25, 0.3) is 22.0 Å². The Balaban J connectivity index is 1.60. The van der Waals surface area contributed by atoms with E-state index in [1.165, 1.54) is 21.9 Å². The maximum atomic E-state index is 11.0. The molecule has 0 saturated carbocycles. The Labute approximate surface area is 158 Å². The summed E-state index contributed by atoms with van der Waals surface area (Å²) in [5.74, 6) is -0.897. The summed E-state index contributed by atoms with van der Waals surface area (Å²) in [6.07, 6.45) is 1.76. The number of aromatic amines is 1. The van der Waals surface area contributed by atoms with Crippen molar-refractivity contribution in [2.24, 2.45) is 0 Å². The summed E-state index contributed by atoms with van der Waals surface area (Å²) >= 11 is 0. The first-order chi connectivity index (χ1) is 13.1. The molecule has 3 heteroatoms. The predicted molar refractivity (Wildman–Crippen MR) is 109 cm³/mol. The summed E-state index contributed by atoms with van der Waals surface area (Å²) < 4.78 is 0. The van der Waals surface area contributed by atoms with Gasteiger partial charge in [-0.05, 0) is 64.2 Å². The third-order valence-electron chi connectivity index (χ3n) is 5.01. The van der Waals surface area contributed by atoms with Gasteiger partial charge in [0.1, 0.15) is 0 Å². The van der Waals surface area contributed by atoms with E-state index in [9.17, 15) is 4.79 Å². The van der Waals surface area contributed by atoms with E-state index in [2.05, 4.69) is 60.4 Å². The molecule has 0 amide bonds. The lowest BCUT2D eigenvalue weighted by atomic mass is 9.99. The van der Waals surface area contributed by atoms with E-state index in [4.69, 9.17) is 5.11 Å². The molecule has 0 aliphatic rings. The smallest absolute Gasteiger partial charge is 0.335 e. The molecular weight excluding hydrogens is 334 g/mol. The van der Waals surface area contributed by atoms with Crippen LogP contribution in [0, 0.1) is 0 Å². The highest BCUT2D eigenvalue weighted by molar-refractivity contribution is 5.89. The first-order valence-electron chi connectivity index (χ1n) is 9.16. The Bertz CT molecular complexity index is 1110. The lowest BCUT2D eigenvalue weighted by Crippen LogP contribution is -1.96. The minimum Gasteiger partial charge on any atom is -0.478 e. The quantitative estimate of drug-likeness (QED) is 0.483. The van der Waals surface area contributed by atoms with E-state index in [1.807, 2.05) is 12.1 Å². The van der Waals surface area contributed by atoms with Gasteiger partial charge in [-0.2, -0.15) is 0 Å². The molecule has 0 unspecified atom stereocenters. The fourth-order valence-corrected chi connectivity index (χ4v) is 3.51. The zero-order valence-electron chi connectivity index (χ0n) is 15.2. The zero-order chi connectivity index (χ0) is 18.8. The van der Waals surface area contributed by atoms with Gasteiger partial charge in [0.05, 0.1) is 5.56 Å². The van der Waals surface area contributed by atoms with Crippen LogP contribution in [0.2, 0.25) is 0 Å². The molecule has 3 nitrogen and oxygen atoms in total. The highest BCUT2D eigenvalue weighted by atomic mass is 16.4. The second kappa shape index (κ2) is 7.12. The highest BCUT2D eigenvalue weighted by Gasteiger charge is 2.07. The molecular formula is C24H21NO2. The lowest BCUT2D eigenvalue weighted by molar-refractivity contribution is 0.0697. The number of carbonyl (C=O) groups is 1. The van der Waals surface area contributed by atoms with Gasteiger partial charge in [0.2, 0.25) is 0 Å². The molecule has 0 fully saturated rings. The Morgan fingerprint density at radius 1 is 0.963 bits per heavy atom. The second-order valence-electron chi connectivity index (χ2n) is 6.78. The number of hydrogen-bond acceptors (Lipinski definition) is 1. The number of aromatic nitrogens is 1. The minimum absolute atomic E-state index is 0.314. The van der Waals surface area contributed by atoms with Crippen LogP contribution in [0.1, 0.15) is 34.1 Å². The minimum atomic E-state index is -0.897. The van der Waals surface area contributed by atoms with Crippen molar-refractivity contribution in [3.8, 4) is 11.3 Å². The summed E-state index contributed by atoms with van der Waals surface area (Å²) in [5.41, 5.74) is 6.14. The van der Waals surface area contributed by atoms with E-state index in [0.29, 0.717) is 5.56 Å². The van der Waals surface area contributed by atoms with E-state index < -0.39 is 5.97 Å². The Morgan fingerprint density at radius 3 is 2.52 bits per heavy atom. The molecule has 4 rings (SSSR count). The average Bonchev–Trinajstić information content (AvgIpc) is 3.16. The van der Waals surface area contributed by atoms with Crippen LogP contribution in [0.3, 0.4) is 0 Å². The molecule has 1 heterocycles. The first kappa shape index (κ1) is 17.1. The van der Waals surface area contributed by atoms with Crippen molar-refractivity contribution in [2.45, 2.75) is 19.8 Å². The van der Waals surface area contributed by atoms with Gasteiger partial charge < -0.3 is 10.1 Å². The number of carboxylic acid groups (broad SMARTS) is 1. The summed E-state index contributed by atoms with van der Waals surface area (Å²) in [4.78, 5) is 14.5. The van der Waals surface area contributed by atoms with Crippen LogP contribution in [0.5, 0.6) is 0 Å². The molecule has 0 aliphatic heterocycles. The summed E-state index contributed by atoms with van der Waals surface area (Å²) in [7, 11) is 0. The van der Waals surface area contributed by atoms with E-state index in [-0.39, 0.29) is 0 Å². The molecule has 4 aromatic rings. The largest absolute Gasteiger partial charge is 0.478 e. The van der Waals surface area contributed by atoms with Crippen LogP contribution >= 0.6 is 0 Å². The number of carboxylic acids is 1. The van der Waals surface area contributed by atoms with Gasteiger partial charge in [0.25, 0.3) is 0 Å². The van der Waals surface area contributed by atoms with Crippen LogP contribution in [0.4, 0.5) is 0 Å². The van der Waals surface area contributed by atoms with Crippen molar-refractivity contribution in [3.63, 3.8) is 0 Å². The van der Waals surface area contributed by atoms with Crippen molar-refractivity contribution in [1.82, 2.24) is 4.98 Å². The van der Waals surface area contributed by atoms with Gasteiger partial charge in [-0.25, -0.2) is 4.79 Å². The van der Waals surface area contributed by atoms with Crippen LogP contribution in [0.15, 0.2) is 72.8 Å². The maximum Gasteiger partial charge on any atom is 0.335 e. The molecule has 0 saturated heterocycles. The molecule has 2 N–H and O–H groups in total. The van der Waals surface area contributed by atoms with Gasteiger partial charge in [-0.15, -0.1) is 0 Å². The number of H-pyrrole nitrogens is 1. The molecule has 134 valence electrons. The molecule has 3 aromatic carbocycles. The van der Waals surface area contributed by atoms with Gasteiger partial charge in [-0.1, -0.05) is 49.4 Å². The average molecular weight is 355 g/mol. The number of aryl methyl sites for hydroxylation is 1. The fourth-order valence-electron chi connectivity index (χ4n) is 3.51. The third kappa shape index (κ3) is 3.49. The van der Waals surface area contributed by atoms with E-state index in [1.54, 1.807) is 12.1 Å². The first-order valence-corrected chi connectivity index (χ1v) is 9.16. The topological polar surface area (TPSA) is 53.1 Å². The van der Waals surface area contributed by atoms with Crippen molar-refractivity contribution < 1.29 is 9.90 Å². The maximum absolute atomic E-state index is 11.0. The van der Waals surface area contributed by atoms with Crippen LogP contribution in [-0.4, -0.2) is 16.1 Å². The lowest BCUT2D eigenvalue weighted by Gasteiger charge is -2.07. The molecule has 0 spiro atoms. The Hall–Kier alpha value is -3.33. The second-order valence-corrected chi connectivity index (χ2v) is 6.78. The Morgan fingerprint density at radius 2 is 1.78 bits per heavy atom. The number of benzene rings is 3. The van der Waals surface area contributed by atoms with E-state index >= 15 is 0 Å². The van der Waals surface area contributed by atoms with Crippen molar-refractivity contribution >= 4 is 16.7 Å². The normalized spacial score (nSPS) is 11.0. The molecule has 27 heavy (non-hydrogen) atoms. The molecule has 0 radical (unpaired) electrons. The van der Waals surface area contributed by atoms with Gasteiger partial charge >= 0.3 is 5.97 Å². The fraction of sp³-hybridized carbons (Fsp3) is 0.125. The third-order valence-corrected chi connectivity index (χ3v) is 5.01. The van der Waals surface area contributed by atoms with Gasteiger partial charge in [0.15, 0.2) is 0 Å². The monoisotopic (exact) mass is 355 g/mol. The van der Waals surface area contributed by atoms with Gasteiger partial charge in [-0.3, -0.25) is 0 Å². The number of nitrogens with one attached hydrogen (secondary N) is 1. The zero-order valence-corrected chi connectivity index (χ0v) is 15.2. The summed E-state index contributed by atoms with van der Waals surface area (Å²) in [6.45, 7) is 2.18. The van der Waals surface area contributed by atoms with Crippen molar-refractivity contribution in [3.05, 3.63) is 95.2 Å². The SMILES string of the molecule is CCc1cccc2ccc(-c3ccc(Cc4ccc(C(=O)O)cc4)[nH]3)cc12. The van der Waals surface area contributed by atoms with Crippen LogP contribution in [-0.2, 0) is 12.8 Å². The van der Waals surface area contributed by atoms with Crippen LogP contribution < -0.4 is 0 Å². The highest BCUT2D eigenvalue weighted by Crippen LogP contribution is 2.27. The number of fused-ring (bicyclic) bond motifs is 1. The van der Waals surface area contributed by atoms with E-state index in [0.717, 1.165) is 29.8 Å². The van der Waals surface area contributed by atoms with Crippen molar-refractivity contribution in [1.29, 1.82) is 0 Å². The predicted octanol–water partition coefficient (Wildman–Crippen LogP) is 5.69. The number of hydrogen-bond donors (Lipinski definition) is 2. The molecule has 0 aliphatic carbocycles. The van der Waals surface area contributed by atoms with Gasteiger partial charge in [0, 0.05) is 17.8 Å². The summed E-state index contributed by atoms with van der Waals surface area (Å²) in [6, 6.07) is 24.3. The molecule has 1 aromatic heterocycles. The molecule has 0 atom stereocenters. The summed E-state index contributed by atoms with van der Waals surface area (Å²) in [5, 5.41) is 11.6. The standard InChI is InChI=1S/C24H21NO2/c1-2-17-4-3-5-18-10-11-20(15-22(17)18)23-13-12-21(25-23)14-16-6-8-19(9-7-16)24(26)27/h3-13,15,25H,2,14H2,1H3,(H,26,27). The number of aromatic carboxylic acids is 1.